The lowest BCUT2D eigenvalue weighted by atomic mass is 9.95. The summed E-state index contributed by atoms with van der Waals surface area (Å²) in [6, 6.07) is 19.0. The number of halogens is 1. The molecule has 3 aromatic rings. The first-order chi connectivity index (χ1) is 15.8. The lowest BCUT2D eigenvalue weighted by Crippen LogP contribution is -2.05. The molecule has 0 heterocycles. The van der Waals surface area contributed by atoms with Gasteiger partial charge in [0.05, 0.1) is 4.90 Å². The van der Waals surface area contributed by atoms with Crippen molar-refractivity contribution in [1.82, 2.24) is 0 Å². The van der Waals surface area contributed by atoms with Crippen molar-refractivity contribution in [3.05, 3.63) is 76.8 Å². The van der Waals surface area contributed by atoms with Crippen molar-refractivity contribution >= 4 is 21.7 Å². The maximum atomic E-state index is 12.1. The Balaban J connectivity index is 1.79. The Morgan fingerprint density at radius 1 is 0.879 bits per heavy atom. The minimum absolute atomic E-state index is 0.0273. The van der Waals surface area contributed by atoms with Crippen LogP contribution in [0.1, 0.15) is 30.4 Å². The number of benzene rings is 3. The zero-order valence-electron chi connectivity index (χ0n) is 18.9. The molecule has 0 saturated carbocycles. The molecular weight excluding hydrogens is 460 g/mol. The highest BCUT2D eigenvalue weighted by atomic mass is 35.5. The van der Waals surface area contributed by atoms with Crippen LogP contribution in [0.4, 0.5) is 0 Å². The summed E-state index contributed by atoms with van der Waals surface area (Å²) in [4.78, 5) is -0.0273. The first kappa shape index (κ1) is 25.4. The van der Waals surface area contributed by atoms with Gasteiger partial charge in [-0.25, -0.2) is 0 Å². The second kappa shape index (κ2) is 11.8. The molecule has 0 saturated heterocycles. The third kappa shape index (κ3) is 7.13. The molecule has 0 radical (unpaired) electrons. The van der Waals surface area contributed by atoms with Gasteiger partial charge in [-0.05, 0) is 77.8 Å². The monoisotopic (exact) mass is 488 g/mol. The topological polar surface area (TPSA) is 72.8 Å². The molecule has 0 aromatic heterocycles. The molecule has 0 bridgehead atoms. The molecule has 0 unspecified atom stereocenters. The highest BCUT2D eigenvalue weighted by Crippen LogP contribution is 2.32. The molecule has 0 aliphatic rings. The Morgan fingerprint density at radius 3 is 2.09 bits per heavy atom. The molecular formula is C26H29ClO5S. The summed E-state index contributed by atoms with van der Waals surface area (Å²) < 4.78 is 44.3. The molecule has 3 aromatic carbocycles. The number of methoxy groups -OCH3 is 1. The minimum Gasteiger partial charge on any atom is -0.359 e. The Bertz CT molecular complexity index is 1160. The number of aryl methyl sites for hydroxylation is 2. The standard InChI is InChI=1S/C26H29ClO5S/c1-19-16-23(6-4-3-5-15-32-18-31-2)26(33(28,29)30)17-25(19)22-9-7-20(8-10-22)21-11-13-24(27)14-12-21/h7-14,16-17H,3-6,15,18H2,1-2H3,(H,28,29,30). The van der Waals surface area contributed by atoms with Crippen LogP contribution in [0.5, 0.6) is 0 Å². The normalized spacial score (nSPS) is 11.6. The predicted molar refractivity (Wildman–Crippen MR) is 132 cm³/mol. The summed E-state index contributed by atoms with van der Waals surface area (Å²) in [5, 5.41) is 0.684. The average Bonchev–Trinajstić information content (AvgIpc) is 2.78. The van der Waals surface area contributed by atoms with Crippen LogP contribution in [0.3, 0.4) is 0 Å². The molecule has 3 rings (SSSR count). The van der Waals surface area contributed by atoms with Crippen LogP contribution in [0.2, 0.25) is 5.02 Å². The zero-order chi connectivity index (χ0) is 23.8. The van der Waals surface area contributed by atoms with Gasteiger partial charge in [-0.3, -0.25) is 4.55 Å². The second-order valence-electron chi connectivity index (χ2n) is 7.96. The summed E-state index contributed by atoms with van der Waals surface area (Å²) in [6.07, 6.45) is 3.12. The van der Waals surface area contributed by atoms with Crippen LogP contribution < -0.4 is 0 Å². The molecule has 33 heavy (non-hydrogen) atoms. The van der Waals surface area contributed by atoms with Crippen molar-refractivity contribution in [3.63, 3.8) is 0 Å². The fraction of sp³-hybridized carbons (Fsp3) is 0.308. The highest BCUT2D eigenvalue weighted by molar-refractivity contribution is 7.85. The Labute approximate surface area is 201 Å². The van der Waals surface area contributed by atoms with Gasteiger partial charge < -0.3 is 9.47 Å². The summed E-state index contributed by atoms with van der Waals surface area (Å²) in [6.45, 7) is 2.83. The van der Waals surface area contributed by atoms with E-state index in [2.05, 4.69) is 0 Å². The van der Waals surface area contributed by atoms with Gasteiger partial charge in [-0.2, -0.15) is 8.42 Å². The van der Waals surface area contributed by atoms with Gasteiger partial charge >= 0.3 is 0 Å². The number of unbranched alkanes of at least 4 members (excludes halogenated alkanes) is 2. The van der Waals surface area contributed by atoms with Crippen LogP contribution in [0.15, 0.2) is 65.6 Å². The molecule has 5 nitrogen and oxygen atoms in total. The molecule has 7 heteroatoms. The van der Waals surface area contributed by atoms with Gasteiger partial charge in [0.15, 0.2) is 0 Å². The molecule has 0 aliphatic heterocycles. The number of hydrogen-bond acceptors (Lipinski definition) is 4. The highest BCUT2D eigenvalue weighted by Gasteiger charge is 2.18. The van der Waals surface area contributed by atoms with Crippen LogP contribution in [-0.4, -0.2) is 33.5 Å². The lowest BCUT2D eigenvalue weighted by molar-refractivity contribution is -0.0315. The van der Waals surface area contributed by atoms with Gasteiger partial charge in [-0.15, -0.1) is 0 Å². The molecule has 0 amide bonds. The van der Waals surface area contributed by atoms with E-state index in [0.717, 1.165) is 47.1 Å². The number of hydrogen-bond donors (Lipinski definition) is 1. The Hall–Kier alpha value is -2.22. The van der Waals surface area contributed by atoms with Gasteiger partial charge in [0.25, 0.3) is 10.1 Å². The second-order valence-corrected chi connectivity index (χ2v) is 9.79. The first-order valence-corrected chi connectivity index (χ1v) is 12.7. The lowest BCUT2D eigenvalue weighted by Gasteiger charge is -2.14. The molecule has 176 valence electrons. The van der Waals surface area contributed by atoms with E-state index in [9.17, 15) is 13.0 Å². The van der Waals surface area contributed by atoms with Crippen molar-refractivity contribution in [2.45, 2.75) is 37.5 Å². The molecule has 1 N–H and O–H groups in total. The van der Waals surface area contributed by atoms with E-state index in [1.807, 2.05) is 61.5 Å². The average molecular weight is 489 g/mol. The van der Waals surface area contributed by atoms with E-state index >= 15 is 0 Å². The Kier molecular flexibility index (Phi) is 9.06. The van der Waals surface area contributed by atoms with Crippen LogP contribution in [0.25, 0.3) is 22.3 Å². The van der Waals surface area contributed by atoms with Crippen molar-refractivity contribution in [1.29, 1.82) is 0 Å². The van der Waals surface area contributed by atoms with Crippen molar-refractivity contribution in [3.8, 4) is 22.3 Å². The van der Waals surface area contributed by atoms with Crippen LogP contribution in [-0.2, 0) is 26.0 Å². The van der Waals surface area contributed by atoms with E-state index < -0.39 is 10.1 Å². The van der Waals surface area contributed by atoms with Crippen molar-refractivity contribution < 1.29 is 22.4 Å². The van der Waals surface area contributed by atoms with Gasteiger partial charge in [0, 0.05) is 18.7 Å². The predicted octanol–water partition coefficient (Wildman–Crippen LogP) is 6.56. The fourth-order valence-electron chi connectivity index (χ4n) is 3.82. The van der Waals surface area contributed by atoms with Gasteiger partial charge in [0.1, 0.15) is 6.79 Å². The van der Waals surface area contributed by atoms with E-state index in [1.54, 1.807) is 13.2 Å². The first-order valence-electron chi connectivity index (χ1n) is 10.8. The smallest absolute Gasteiger partial charge is 0.294 e. The fourth-order valence-corrected chi connectivity index (χ4v) is 4.70. The minimum atomic E-state index is -4.34. The maximum Gasteiger partial charge on any atom is 0.294 e. The largest absolute Gasteiger partial charge is 0.359 e. The summed E-state index contributed by atoms with van der Waals surface area (Å²) in [7, 11) is -2.76. The van der Waals surface area contributed by atoms with Crippen LogP contribution >= 0.6 is 11.6 Å². The van der Waals surface area contributed by atoms with Crippen molar-refractivity contribution in [2.75, 3.05) is 20.5 Å². The SMILES string of the molecule is COCOCCCCCc1cc(C)c(-c2ccc(-c3ccc(Cl)cc3)cc2)cc1S(=O)(=O)O. The maximum absolute atomic E-state index is 12.1. The molecule has 0 spiro atoms. The third-order valence-corrected chi connectivity index (χ3v) is 6.68. The zero-order valence-corrected chi connectivity index (χ0v) is 20.5. The summed E-state index contributed by atoms with van der Waals surface area (Å²) in [5.74, 6) is 0. The van der Waals surface area contributed by atoms with E-state index in [-0.39, 0.29) is 11.7 Å². The molecule has 0 fully saturated rings. The van der Waals surface area contributed by atoms with Gasteiger partial charge in [0.2, 0.25) is 0 Å². The van der Waals surface area contributed by atoms with E-state index in [1.165, 1.54) is 0 Å². The Morgan fingerprint density at radius 2 is 1.48 bits per heavy atom. The molecule has 0 aliphatic carbocycles. The third-order valence-electron chi connectivity index (χ3n) is 5.49. The summed E-state index contributed by atoms with van der Waals surface area (Å²) >= 11 is 5.97. The number of rotatable bonds is 11. The van der Waals surface area contributed by atoms with E-state index in [0.29, 0.717) is 23.6 Å². The quantitative estimate of drug-likeness (QED) is 0.188. The van der Waals surface area contributed by atoms with E-state index in [4.69, 9.17) is 21.1 Å². The van der Waals surface area contributed by atoms with Crippen LogP contribution in [0, 0.1) is 6.92 Å². The van der Waals surface area contributed by atoms with Crippen molar-refractivity contribution in [2.24, 2.45) is 0 Å². The number of ether oxygens (including phenoxy) is 2. The van der Waals surface area contributed by atoms with Gasteiger partial charge in [-0.1, -0.05) is 60.5 Å². The molecule has 0 atom stereocenters. The summed E-state index contributed by atoms with van der Waals surface area (Å²) in [5.41, 5.74) is 5.34.